The number of benzene rings is 1. The molecule has 1 aromatic carbocycles. The first kappa shape index (κ1) is 12.1. The number of pyridine rings is 1. The van der Waals surface area contributed by atoms with E-state index in [0.717, 1.165) is 11.1 Å². The number of H-pyrrole nitrogens is 1. The lowest BCUT2D eigenvalue weighted by Gasteiger charge is -1.96. The number of nitriles is 1. The van der Waals surface area contributed by atoms with Gasteiger partial charge in [0.25, 0.3) is 0 Å². The predicted molar refractivity (Wildman–Crippen MR) is 78.6 cm³/mol. The Kier molecular flexibility index (Phi) is 3.02. The molecule has 20 heavy (non-hydrogen) atoms. The average molecular weight is 260 g/mol. The van der Waals surface area contributed by atoms with Crippen LogP contribution in [-0.2, 0) is 0 Å². The summed E-state index contributed by atoms with van der Waals surface area (Å²) < 4.78 is 0. The van der Waals surface area contributed by atoms with E-state index in [4.69, 9.17) is 0 Å². The first-order valence-corrected chi connectivity index (χ1v) is 6.26. The van der Waals surface area contributed by atoms with Crippen molar-refractivity contribution in [2.45, 2.75) is 6.92 Å². The third-order valence-corrected chi connectivity index (χ3v) is 3.02. The minimum atomic E-state index is 0.492. The molecule has 1 N–H and O–H groups in total. The predicted octanol–water partition coefficient (Wildman–Crippen LogP) is 3.33. The highest BCUT2D eigenvalue weighted by atomic mass is 15.0. The molecule has 3 aromatic rings. The van der Waals surface area contributed by atoms with Crippen LogP contribution in [-0.4, -0.2) is 15.0 Å². The van der Waals surface area contributed by atoms with Gasteiger partial charge in [0, 0.05) is 6.20 Å². The quantitative estimate of drug-likeness (QED) is 0.719. The van der Waals surface area contributed by atoms with Crippen LogP contribution in [0.1, 0.15) is 17.0 Å². The topological polar surface area (TPSA) is 65.4 Å². The van der Waals surface area contributed by atoms with Crippen LogP contribution in [0.25, 0.3) is 22.8 Å². The van der Waals surface area contributed by atoms with Gasteiger partial charge in [-0.15, -0.1) is 0 Å². The van der Waals surface area contributed by atoms with Crippen LogP contribution in [0.4, 0.5) is 0 Å². The van der Waals surface area contributed by atoms with Crippen LogP contribution < -0.4 is 0 Å². The number of rotatable bonds is 2. The number of nitrogens with one attached hydrogen (secondary N) is 1. The molecule has 4 nitrogen and oxygen atoms in total. The van der Waals surface area contributed by atoms with E-state index in [1.165, 1.54) is 5.56 Å². The van der Waals surface area contributed by atoms with E-state index in [1.54, 1.807) is 6.20 Å². The second-order valence-corrected chi connectivity index (χ2v) is 4.54. The zero-order valence-corrected chi connectivity index (χ0v) is 11.0. The normalized spacial score (nSPS) is 11.5. The monoisotopic (exact) mass is 260 g/mol. The lowest BCUT2D eigenvalue weighted by Crippen LogP contribution is -1.85. The number of aromatic nitrogens is 3. The van der Waals surface area contributed by atoms with Crippen LogP contribution in [0, 0.1) is 18.3 Å². The molecule has 4 heteroatoms. The molecule has 2 heterocycles. The lowest BCUT2D eigenvalue weighted by atomic mass is 10.1. The lowest BCUT2D eigenvalue weighted by molar-refractivity contribution is 1.25. The highest BCUT2D eigenvalue weighted by Gasteiger charge is 2.08. The highest BCUT2D eigenvalue weighted by Crippen LogP contribution is 2.18. The van der Waals surface area contributed by atoms with Crippen molar-refractivity contribution in [1.82, 2.24) is 15.0 Å². The van der Waals surface area contributed by atoms with Gasteiger partial charge in [0.05, 0.1) is 11.1 Å². The number of allylic oxidation sites excluding steroid dienone is 1. The van der Waals surface area contributed by atoms with Crippen LogP contribution in [0.2, 0.25) is 0 Å². The van der Waals surface area contributed by atoms with E-state index in [9.17, 15) is 5.26 Å². The van der Waals surface area contributed by atoms with Gasteiger partial charge in [0.15, 0.2) is 11.5 Å². The molecule has 0 aliphatic heterocycles. The Morgan fingerprint density at radius 3 is 2.75 bits per heavy atom. The van der Waals surface area contributed by atoms with Gasteiger partial charge in [-0.3, -0.25) is 0 Å². The number of hydrogen-bond donors (Lipinski definition) is 1. The van der Waals surface area contributed by atoms with Gasteiger partial charge in [0.2, 0.25) is 0 Å². The van der Waals surface area contributed by atoms with Crippen molar-refractivity contribution in [3.05, 3.63) is 59.5 Å². The van der Waals surface area contributed by atoms with Crippen molar-refractivity contribution in [3.8, 4) is 6.07 Å². The molecule has 3 rings (SSSR count). The van der Waals surface area contributed by atoms with Gasteiger partial charge < -0.3 is 4.98 Å². The van der Waals surface area contributed by atoms with Crippen LogP contribution >= 0.6 is 0 Å². The minimum Gasteiger partial charge on any atom is -0.336 e. The van der Waals surface area contributed by atoms with Crippen molar-refractivity contribution < 1.29 is 0 Å². The largest absolute Gasteiger partial charge is 0.336 e. The number of hydrogen-bond acceptors (Lipinski definition) is 3. The highest BCUT2D eigenvalue weighted by molar-refractivity contribution is 5.89. The van der Waals surface area contributed by atoms with Crippen molar-refractivity contribution >= 4 is 22.8 Å². The Labute approximate surface area is 116 Å². The fraction of sp³-hybridized carbons (Fsp3) is 0.0625. The molecule has 0 saturated carbocycles. The summed E-state index contributed by atoms with van der Waals surface area (Å²) in [6.07, 6.45) is 3.50. The molecule has 0 amide bonds. The summed E-state index contributed by atoms with van der Waals surface area (Å²) in [6.45, 7) is 2.03. The summed E-state index contributed by atoms with van der Waals surface area (Å²) in [7, 11) is 0. The van der Waals surface area contributed by atoms with Crippen molar-refractivity contribution in [1.29, 1.82) is 5.26 Å². The average Bonchev–Trinajstić information content (AvgIpc) is 2.90. The fourth-order valence-corrected chi connectivity index (χ4v) is 1.96. The SMILES string of the molecule is Cc1ccc(/C=C(\C#N)c2nc3ncccc3[nH]2)cc1. The Morgan fingerprint density at radius 2 is 2.05 bits per heavy atom. The molecule has 0 fully saturated rings. The molecule has 0 spiro atoms. The molecule has 0 atom stereocenters. The second-order valence-electron chi connectivity index (χ2n) is 4.54. The van der Waals surface area contributed by atoms with E-state index in [-0.39, 0.29) is 0 Å². The molecular formula is C16H12N4. The maximum atomic E-state index is 9.32. The molecule has 0 radical (unpaired) electrons. The summed E-state index contributed by atoms with van der Waals surface area (Å²) in [4.78, 5) is 11.6. The third-order valence-electron chi connectivity index (χ3n) is 3.02. The summed E-state index contributed by atoms with van der Waals surface area (Å²) in [5.41, 5.74) is 4.10. The molecule has 0 saturated heterocycles. The summed E-state index contributed by atoms with van der Waals surface area (Å²) >= 11 is 0. The van der Waals surface area contributed by atoms with E-state index in [2.05, 4.69) is 21.0 Å². The van der Waals surface area contributed by atoms with Gasteiger partial charge in [-0.05, 0) is 30.7 Å². The van der Waals surface area contributed by atoms with Gasteiger partial charge in [-0.1, -0.05) is 29.8 Å². The fourth-order valence-electron chi connectivity index (χ4n) is 1.96. The number of aromatic amines is 1. The smallest absolute Gasteiger partial charge is 0.178 e. The summed E-state index contributed by atoms with van der Waals surface area (Å²) in [5, 5.41) is 9.32. The van der Waals surface area contributed by atoms with Gasteiger partial charge in [-0.25, -0.2) is 9.97 Å². The molecule has 0 bridgehead atoms. The van der Waals surface area contributed by atoms with Crippen molar-refractivity contribution in [2.24, 2.45) is 0 Å². The Hall–Kier alpha value is -2.93. The molecular weight excluding hydrogens is 248 g/mol. The zero-order valence-electron chi connectivity index (χ0n) is 11.0. The van der Waals surface area contributed by atoms with Gasteiger partial charge in [0.1, 0.15) is 6.07 Å². The summed E-state index contributed by atoms with van der Waals surface area (Å²) in [5.74, 6) is 0.543. The summed E-state index contributed by atoms with van der Waals surface area (Å²) in [6, 6.07) is 13.9. The van der Waals surface area contributed by atoms with Crippen LogP contribution in [0.3, 0.4) is 0 Å². The van der Waals surface area contributed by atoms with Crippen molar-refractivity contribution in [3.63, 3.8) is 0 Å². The van der Waals surface area contributed by atoms with Crippen LogP contribution in [0.15, 0.2) is 42.6 Å². The van der Waals surface area contributed by atoms with E-state index in [1.807, 2.05) is 49.4 Å². The third kappa shape index (κ3) is 2.29. The van der Waals surface area contributed by atoms with Gasteiger partial charge >= 0.3 is 0 Å². The maximum absolute atomic E-state index is 9.32. The maximum Gasteiger partial charge on any atom is 0.178 e. The number of imidazole rings is 1. The second kappa shape index (κ2) is 4.98. The first-order valence-electron chi connectivity index (χ1n) is 6.26. The van der Waals surface area contributed by atoms with E-state index in [0.29, 0.717) is 17.0 Å². The number of fused-ring (bicyclic) bond motifs is 1. The Bertz CT molecular complexity index is 787. The molecule has 0 aliphatic carbocycles. The standard InChI is InChI=1S/C16H12N4/c1-11-4-6-12(7-5-11)9-13(10-17)15-19-14-3-2-8-18-16(14)20-15/h2-9H,1H3,(H,18,19,20)/b13-9+. The molecule has 0 aliphatic rings. The Morgan fingerprint density at radius 1 is 1.25 bits per heavy atom. The van der Waals surface area contributed by atoms with E-state index < -0.39 is 0 Å². The van der Waals surface area contributed by atoms with Gasteiger partial charge in [-0.2, -0.15) is 5.26 Å². The van der Waals surface area contributed by atoms with Crippen molar-refractivity contribution in [2.75, 3.05) is 0 Å². The molecule has 0 unspecified atom stereocenters. The molecule has 96 valence electrons. The first-order chi connectivity index (χ1) is 9.76. The minimum absolute atomic E-state index is 0.492. The van der Waals surface area contributed by atoms with E-state index >= 15 is 0 Å². The van der Waals surface area contributed by atoms with Crippen LogP contribution in [0.5, 0.6) is 0 Å². The number of aryl methyl sites for hydroxylation is 1. The zero-order chi connectivity index (χ0) is 13.9. The number of nitrogens with zero attached hydrogens (tertiary/aromatic N) is 3. The molecule has 2 aromatic heterocycles. The Balaban J connectivity index is 2.05.